The third-order valence-electron chi connectivity index (χ3n) is 2.66. The van der Waals surface area contributed by atoms with E-state index in [2.05, 4.69) is 45.0 Å². The van der Waals surface area contributed by atoms with Crippen molar-refractivity contribution in [2.75, 3.05) is 0 Å². The van der Waals surface area contributed by atoms with Gasteiger partial charge in [-0.25, -0.2) is 0 Å². The number of benzene rings is 1. The molecule has 0 saturated heterocycles. The molecular formula is C15H21. The molecule has 0 saturated carbocycles. The van der Waals surface area contributed by atoms with Crippen LogP contribution in [0.4, 0.5) is 0 Å². The van der Waals surface area contributed by atoms with Crippen molar-refractivity contribution in [1.82, 2.24) is 0 Å². The molecule has 0 heteroatoms. The summed E-state index contributed by atoms with van der Waals surface area (Å²) >= 11 is 0. The summed E-state index contributed by atoms with van der Waals surface area (Å²) in [6.07, 6.45) is 5.01. The van der Waals surface area contributed by atoms with Crippen LogP contribution in [-0.4, -0.2) is 0 Å². The molecule has 0 heterocycles. The molecule has 0 nitrogen and oxygen atoms in total. The Labute approximate surface area is 94.0 Å². The summed E-state index contributed by atoms with van der Waals surface area (Å²) in [6.45, 7) is 12.1. The molecule has 1 aromatic carbocycles. The summed E-state index contributed by atoms with van der Waals surface area (Å²) in [5.41, 5.74) is 3.06. The van der Waals surface area contributed by atoms with E-state index in [9.17, 15) is 0 Å². The molecule has 1 rings (SSSR count). The van der Waals surface area contributed by atoms with Gasteiger partial charge in [0.2, 0.25) is 0 Å². The summed E-state index contributed by atoms with van der Waals surface area (Å²) in [4.78, 5) is 0. The van der Waals surface area contributed by atoms with E-state index in [1.54, 1.807) is 6.08 Å². The fourth-order valence-electron chi connectivity index (χ4n) is 1.60. The second-order valence-electron chi connectivity index (χ2n) is 5.07. The van der Waals surface area contributed by atoms with E-state index in [0.29, 0.717) is 0 Å². The van der Waals surface area contributed by atoms with Gasteiger partial charge in [-0.1, -0.05) is 57.7 Å². The molecule has 0 amide bonds. The highest BCUT2D eigenvalue weighted by molar-refractivity contribution is 5.27. The van der Waals surface area contributed by atoms with Crippen LogP contribution in [-0.2, 0) is 11.8 Å². The summed E-state index contributed by atoms with van der Waals surface area (Å²) in [5, 5.41) is 0. The zero-order valence-corrected chi connectivity index (χ0v) is 10.1. The molecule has 0 aromatic heterocycles. The predicted molar refractivity (Wildman–Crippen MR) is 67.0 cm³/mol. The molecule has 0 spiro atoms. The van der Waals surface area contributed by atoms with E-state index >= 15 is 0 Å². The van der Waals surface area contributed by atoms with Gasteiger partial charge in [-0.15, -0.1) is 0 Å². The van der Waals surface area contributed by atoms with Crippen molar-refractivity contribution in [3.63, 3.8) is 0 Å². The fraction of sp³-hybridized carbons (Fsp3) is 0.467. The van der Waals surface area contributed by atoms with Crippen molar-refractivity contribution in [3.8, 4) is 0 Å². The maximum absolute atomic E-state index is 5.35. The van der Waals surface area contributed by atoms with Gasteiger partial charge in [0.1, 0.15) is 0 Å². The average molecular weight is 201 g/mol. The van der Waals surface area contributed by atoms with Crippen molar-refractivity contribution in [2.24, 2.45) is 0 Å². The molecule has 0 aliphatic heterocycles. The minimum atomic E-state index is 0.254. The van der Waals surface area contributed by atoms with Crippen LogP contribution in [0.15, 0.2) is 30.3 Å². The maximum Gasteiger partial charge on any atom is -0.0132 e. The lowest BCUT2D eigenvalue weighted by Crippen LogP contribution is -2.10. The van der Waals surface area contributed by atoms with Gasteiger partial charge in [0.25, 0.3) is 0 Å². The van der Waals surface area contributed by atoms with Gasteiger partial charge in [-0.2, -0.15) is 0 Å². The first-order valence-electron chi connectivity index (χ1n) is 5.67. The first-order valence-corrected chi connectivity index (χ1v) is 5.67. The van der Waals surface area contributed by atoms with Gasteiger partial charge in [0, 0.05) is 0 Å². The highest BCUT2D eigenvalue weighted by atomic mass is 14.2. The number of allylic oxidation sites excluding steroid dienone is 1. The Balaban J connectivity index is 2.60. The first-order chi connectivity index (χ1) is 7.04. The molecule has 0 bridgehead atoms. The Morgan fingerprint density at radius 2 is 1.73 bits per heavy atom. The van der Waals surface area contributed by atoms with E-state index in [-0.39, 0.29) is 5.41 Å². The minimum absolute atomic E-state index is 0.254. The number of unbranched alkanes of at least 4 members (excludes halogenated alkanes) is 1. The van der Waals surface area contributed by atoms with Crippen LogP contribution >= 0.6 is 0 Å². The van der Waals surface area contributed by atoms with E-state index in [1.807, 2.05) is 0 Å². The Morgan fingerprint density at radius 1 is 1.13 bits per heavy atom. The summed E-state index contributed by atoms with van der Waals surface area (Å²) in [6, 6.07) is 8.94. The summed E-state index contributed by atoms with van der Waals surface area (Å²) < 4.78 is 0. The SMILES string of the molecule is [CH]=CCCCc1ccc(C(C)(C)C)cc1. The number of hydrogen-bond acceptors (Lipinski definition) is 0. The van der Waals surface area contributed by atoms with E-state index in [0.717, 1.165) is 19.3 Å². The second kappa shape index (κ2) is 5.16. The highest BCUT2D eigenvalue weighted by Gasteiger charge is 2.12. The molecule has 0 aliphatic carbocycles. The zero-order chi connectivity index (χ0) is 11.3. The Kier molecular flexibility index (Phi) is 4.14. The molecule has 81 valence electrons. The van der Waals surface area contributed by atoms with Gasteiger partial charge in [0.15, 0.2) is 0 Å². The van der Waals surface area contributed by atoms with Crippen molar-refractivity contribution < 1.29 is 0 Å². The topological polar surface area (TPSA) is 0 Å². The molecule has 0 N–H and O–H groups in total. The molecule has 1 radical (unpaired) electrons. The third kappa shape index (κ3) is 3.91. The van der Waals surface area contributed by atoms with Crippen molar-refractivity contribution in [2.45, 2.75) is 45.4 Å². The molecule has 1 aromatic rings. The van der Waals surface area contributed by atoms with Crippen LogP contribution in [0.5, 0.6) is 0 Å². The van der Waals surface area contributed by atoms with Gasteiger partial charge >= 0.3 is 0 Å². The van der Waals surface area contributed by atoms with E-state index in [4.69, 9.17) is 6.58 Å². The van der Waals surface area contributed by atoms with E-state index in [1.165, 1.54) is 11.1 Å². The van der Waals surface area contributed by atoms with Crippen LogP contribution in [0, 0.1) is 6.58 Å². The van der Waals surface area contributed by atoms with E-state index < -0.39 is 0 Å². The number of hydrogen-bond donors (Lipinski definition) is 0. The molecule has 0 fully saturated rings. The van der Waals surface area contributed by atoms with Crippen LogP contribution in [0.1, 0.15) is 44.7 Å². The van der Waals surface area contributed by atoms with Gasteiger partial charge in [-0.3, -0.25) is 0 Å². The molecule has 15 heavy (non-hydrogen) atoms. The zero-order valence-electron chi connectivity index (χ0n) is 10.1. The van der Waals surface area contributed by atoms with Crippen LogP contribution in [0.2, 0.25) is 0 Å². The molecule has 0 unspecified atom stereocenters. The predicted octanol–water partition coefficient (Wildman–Crippen LogP) is 4.30. The van der Waals surface area contributed by atoms with Gasteiger partial charge in [-0.05, 0) is 35.8 Å². The minimum Gasteiger partial charge on any atom is -0.0845 e. The fourth-order valence-corrected chi connectivity index (χ4v) is 1.60. The highest BCUT2D eigenvalue weighted by Crippen LogP contribution is 2.22. The van der Waals surface area contributed by atoms with Gasteiger partial charge < -0.3 is 0 Å². The monoisotopic (exact) mass is 201 g/mol. The second-order valence-corrected chi connectivity index (χ2v) is 5.07. The molecular weight excluding hydrogens is 180 g/mol. The largest absolute Gasteiger partial charge is 0.0845 e. The lowest BCUT2D eigenvalue weighted by molar-refractivity contribution is 0.590. The summed E-state index contributed by atoms with van der Waals surface area (Å²) in [7, 11) is 0. The average Bonchev–Trinajstić information content (AvgIpc) is 2.18. The lowest BCUT2D eigenvalue weighted by Gasteiger charge is -2.19. The Bertz CT molecular complexity index is 298. The normalized spacial score (nSPS) is 11.4. The smallest absolute Gasteiger partial charge is 0.0132 e. The van der Waals surface area contributed by atoms with Crippen LogP contribution in [0.3, 0.4) is 0 Å². The maximum atomic E-state index is 5.35. The first kappa shape index (κ1) is 12.0. The lowest BCUT2D eigenvalue weighted by atomic mass is 9.86. The van der Waals surface area contributed by atoms with Gasteiger partial charge in [0.05, 0.1) is 0 Å². The summed E-state index contributed by atoms with van der Waals surface area (Å²) in [5.74, 6) is 0. The van der Waals surface area contributed by atoms with Crippen molar-refractivity contribution >= 4 is 0 Å². The van der Waals surface area contributed by atoms with Crippen molar-refractivity contribution in [1.29, 1.82) is 0 Å². The van der Waals surface area contributed by atoms with Crippen LogP contribution < -0.4 is 0 Å². The third-order valence-corrected chi connectivity index (χ3v) is 2.66. The Hall–Kier alpha value is -1.04. The Morgan fingerprint density at radius 3 is 2.20 bits per heavy atom. The number of aryl methyl sites for hydroxylation is 1. The number of rotatable bonds is 4. The molecule has 0 aliphatic rings. The quantitative estimate of drug-likeness (QED) is 0.637. The van der Waals surface area contributed by atoms with Crippen molar-refractivity contribution in [3.05, 3.63) is 48.0 Å². The standard InChI is InChI=1S/C15H21/c1-5-6-7-8-13-9-11-14(12-10-13)15(2,3)4/h1,5,9-12H,6-8H2,2-4H3. The molecule has 0 atom stereocenters. The van der Waals surface area contributed by atoms with Crippen LogP contribution in [0.25, 0.3) is 0 Å².